The molecule has 0 radical (unpaired) electrons. The third kappa shape index (κ3) is 2.02. The van der Waals surface area contributed by atoms with Crippen LogP contribution in [0, 0.1) is 12.8 Å². The smallest absolute Gasteiger partial charge is 0.307 e. The molecular formula is C13H15NO3. The number of para-hydroxylation sites is 1. The van der Waals surface area contributed by atoms with Crippen LogP contribution in [-0.4, -0.2) is 16.1 Å². The van der Waals surface area contributed by atoms with E-state index in [-0.39, 0.29) is 5.92 Å². The van der Waals surface area contributed by atoms with Crippen LogP contribution in [0.5, 0.6) is 0 Å². The second kappa shape index (κ2) is 4.20. The number of benzene rings is 1. The Labute approximate surface area is 99.3 Å². The van der Waals surface area contributed by atoms with Gasteiger partial charge in [0.15, 0.2) is 11.5 Å². The molecule has 1 heterocycles. The van der Waals surface area contributed by atoms with E-state index in [4.69, 9.17) is 9.52 Å². The van der Waals surface area contributed by atoms with Gasteiger partial charge in [0.2, 0.25) is 0 Å². The van der Waals surface area contributed by atoms with E-state index < -0.39 is 11.9 Å². The molecule has 0 aliphatic carbocycles. The summed E-state index contributed by atoms with van der Waals surface area (Å²) in [4.78, 5) is 15.3. The van der Waals surface area contributed by atoms with Crippen molar-refractivity contribution in [3.63, 3.8) is 0 Å². The van der Waals surface area contributed by atoms with Gasteiger partial charge in [-0.25, -0.2) is 4.98 Å². The van der Waals surface area contributed by atoms with Gasteiger partial charge in [-0.3, -0.25) is 4.79 Å². The van der Waals surface area contributed by atoms with Crippen molar-refractivity contribution in [2.45, 2.75) is 26.7 Å². The molecule has 4 heteroatoms. The minimum atomic E-state index is -0.837. The summed E-state index contributed by atoms with van der Waals surface area (Å²) >= 11 is 0. The van der Waals surface area contributed by atoms with Gasteiger partial charge in [-0.2, -0.15) is 0 Å². The van der Waals surface area contributed by atoms with Gasteiger partial charge in [0.05, 0.1) is 5.92 Å². The van der Waals surface area contributed by atoms with Crippen LogP contribution in [0.15, 0.2) is 22.6 Å². The Kier molecular flexibility index (Phi) is 2.88. The van der Waals surface area contributed by atoms with E-state index in [2.05, 4.69) is 4.98 Å². The van der Waals surface area contributed by atoms with Crippen molar-refractivity contribution in [3.8, 4) is 0 Å². The minimum Gasteiger partial charge on any atom is -0.481 e. The van der Waals surface area contributed by atoms with Crippen LogP contribution >= 0.6 is 0 Å². The molecule has 1 aromatic heterocycles. The second-order valence-electron chi connectivity index (χ2n) is 4.39. The highest BCUT2D eigenvalue weighted by atomic mass is 16.4. The predicted octanol–water partition coefficient (Wildman–Crippen LogP) is 2.96. The number of hydrogen-bond acceptors (Lipinski definition) is 3. The first-order valence-corrected chi connectivity index (χ1v) is 5.59. The Bertz CT molecular complexity index is 559. The molecule has 0 spiro atoms. The fraction of sp³-hybridized carbons (Fsp3) is 0.385. The van der Waals surface area contributed by atoms with Crippen LogP contribution < -0.4 is 0 Å². The van der Waals surface area contributed by atoms with E-state index in [1.54, 1.807) is 6.92 Å². The Morgan fingerprint density at radius 3 is 2.71 bits per heavy atom. The highest BCUT2D eigenvalue weighted by Gasteiger charge is 2.25. The molecule has 2 unspecified atom stereocenters. The van der Waals surface area contributed by atoms with Crippen LogP contribution in [0.1, 0.15) is 31.2 Å². The summed E-state index contributed by atoms with van der Waals surface area (Å²) < 4.78 is 5.61. The molecule has 1 N–H and O–H groups in total. The van der Waals surface area contributed by atoms with E-state index in [1.807, 2.05) is 32.0 Å². The van der Waals surface area contributed by atoms with Gasteiger partial charge < -0.3 is 9.52 Å². The van der Waals surface area contributed by atoms with Crippen LogP contribution in [0.4, 0.5) is 0 Å². The summed E-state index contributed by atoms with van der Waals surface area (Å²) in [5.41, 5.74) is 2.56. The average Bonchev–Trinajstić information content (AvgIpc) is 2.72. The van der Waals surface area contributed by atoms with Gasteiger partial charge in [0.25, 0.3) is 0 Å². The van der Waals surface area contributed by atoms with E-state index >= 15 is 0 Å². The zero-order valence-electron chi connectivity index (χ0n) is 10.1. The summed E-state index contributed by atoms with van der Waals surface area (Å²) in [6, 6.07) is 5.70. The maximum Gasteiger partial charge on any atom is 0.307 e. The normalized spacial score (nSPS) is 14.8. The molecule has 0 bridgehead atoms. The highest BCUT2D eigenvalue weighted by molar-refractivity contribution is 5.76. The Morgan fingerprint density at radius 1 is 1.41 bits per heavy atom. The number of oxazole rings is 1. The number of fused-ring (bicyclic) bond motifs is 1. The molecule has 17 heavy (non-hydrogen) atoms. The third-order valence-electron chi connectivity index (χ3n) is 3.17. The molecule has 0 amide bonds. The molecule has 4 nitrogen and oxygen atoms in total. The summed E-state index contributed by atoms with van der Waals surface area (Å²) in [6.07, 6.45) is 0. The Hall–Kier alpha value is -1.84. The SMILES string of the molecule is Cc1cccc2oc(C(C)C(C)C(=O)O)nc12. The highest BCUT2D eigenvalue weighted by Crippen LogP contribution is 2.28. The number of carboxylic acids is 1. The van der Waals surface area contributed by atoms with Crippen molar-refractivity contribution >= 4 is 17.1 Å². The number of nitrogens with zero attached hydrogens (tertiary/aromatic N) is 1. The number of hydrogen-bond donors (Lipinski definition) is 1. The van der Waals surface area contributed by atoms with Crippen molar-refractivity contribution in [1.29, 1.82) is 0 Å². The van der Waals surface area contributed by atoms with Crippen LogP contribution in [0.25, 0.3) is 11.1 Å². The monoisotopic (exact) mass is 233 g/mol. The van der Waals surface area contributed by atoms with E-state index in [0.29, 0.717) is 11.5 Å². The fourth-order valence-electron chi connectivity index (χ4n) is 1.73. The molecule has 1 aromatic carbocycles. The van der Waals surface area contributed by atoms with Gasteiger partial charge >= 0.3 is 5.97 Å². The topological polar surface area (TPSA) is 63.3 Å². The summed E-state index contributed by atoms with van der Waals surface area (Å²) in [7, 11) is 0. The van der Waals surface area contributed by atoms with Crippen molar-refractivity contribution in [2.75, 3.05) is 0 Å². The molecule has 90 valence electrons. The van der Waals surface area contributed by atoms with Crippen molar-refractivity contribution in [2.24, 2.45) is 5.92 Å². The lowest BCUT2D eigenvalue weighted by molar-refractivity contribution is -0.141. The molecule has 0 aliphatic rings. The fourth-order valence-corrected chi connectivity index (χ4v) is 1.73. The van der Waals surface area contributed by atoms with Gasteiger partial charge in [-0.05, 0) is 18.6 Å². The van der Waals surface area contributed by atoms with Gasteiger partial charge in [0, 0.05) is 5.92 Å². The van der Waals surface area contributed by atoms with E-state index in [1.165, 1.54) is 0 Å². The van der Waals surface area contributed by atoms with E-state index in [0.717, 1.165) is 11.1 Å². The zero-order valence-corrected chi connectivity index (χ0v) is 10.1. The quantitative estimate of drug-likeness (QED) is 0.885. The predicted molar refractivity (Wildman–Crippen MR) is 64.0 cm³/mol. The molecular weight excluding hydrogens is 218 g/mol. The lowest BCUT2D eigenvalue weighted by Crippen LogP contribution is -2.16. The molecule has 2 rings (SSSR count). The first-order chi connectivity index (χ1) is 8.00. The lowest BCUT2D eigenvalue weighted by atomic mass is 9.96. The summed E-state index contributed by atoms with van der Waals surface area (Å²) in [5.74, 6) is -1.09. The standard InChI is InChI=1S/C13H15NO3/c1-7-5-4-6-10-11(7)14-12(17-10)8(2)9(3)13(15)16/h4-6,8-9H,1-3H3,(H,15,16). The Balaban J connectivity index is 2.43. The first-order valence-electron chi connectivity index (χ1n) is 5.59. The number of aliphatic carboxylic acids is 1. The number of aromatic nitrogens is 1. The number of carbonyl (C=O) groups is 1. The summed E-state index contributed by atoms with van der Waals surface area (Å²) in [5, 5.41) is 8.97. The van der Waals surface area contributed by atoms with Crippen LogP contribution in [0.3, 0.4) is 0 Å². The zero-order chi connectivity index (χ0) is 12.6. The molecule has 2 atom stereocenters. The van der Waals surface area contributed by atoms with Crippen LogP contribution in [-0.2, 0) is 4.79 Å². The average molecular weight is 233 g/mol. The van der Waals surface area contributed by atoms with Crippen molar-refractivity contribution in [3.05, 3.63) is 29.7 Å². The van der Waals surface area contributed by atoms with Gasteiger partial charge in [-0.1, -0.05) is 26.0 Å². The van der Waals surface area contributed by atoms with E-state index in [9.17, 15) is 4.79 Å². The number of rotatable bonds is 3. The first kappa shape index (κ1) is 11.6. The molecule has 0 aliphatic heterocycles. The Morgan fingerprint density at radius 2 is 2.12 bits per heavy atom. The molecule has 2 aromatic rings. The summed E-state index contributed by atoms with van der Waals surface area (Å²) in [6.45, 7) is 5.44. The van der Waals surface area contributed by atoms with Gasteiger partial charge in [0.1, 0.15) is 5.52 Å². The molecule has 0 saturated carbocycles. The third-order valence-corrected chi connectivity index (χ3v) is 3.17. The van der Waals surface area contributed by atoms with Crippen molar-refractivity contribution < 1.29 is 14.3 Å². The van der Waals surface area contributed by atoms with Gasteiger partial charge in [-0.15, -0.1) is 0 Å². The number of carboxylic acid groups (broad SMARTS) is 1. The maximum atomic E-state index is 10.9. The minimum absolute atomic E-state index is 0.237. The molecule has 0 saturated heterocycles. The van der Waals surface area contributed by atoms with Crippen molar-refractivity contribution in [1.82, 2.24) is 4.98 Å². The molecule has 0 fully saturated rings. The lowest BCUT2D eigenvalue weighted by Gasteiger charge is -2.11. The second-order valence-corrected chi connectivity index (χ2v) is 4.39. The van der Waals surface area contributed by atoms with Crippen LogP contribution in [0.2, 0.25) is 0 Å². The maximum absolute atomic E-state index is 10.9. The number of aryl methyl sites for hydroxylation is 1. The largest absolute Gasteiger partial charge is 0.481 e.